The van der Waals surface area contributed by atoms with Crippen molar-refractivity contribution in [3.63, 3.8) is 0 Å². The van der Waals surface area contributed by atoms with Crippen molar-refractivity contribution < 1.29 is 4.74 Å². The number of nitrogens with zero attached hydrogens (tertiary/aromatic N) is 1. The second kappa shape index (κ2) is 5.33. The Morgan fingerprint density at radius 2 is 2.05 bits per heavy atom. The van der Waals surface area contributed by atoms with E-state index < -0.39 is 0 Å². The number of hydrogen-bond acceptors (Lipinski definition) is 3. The minimum absolute atomic E-state index is 0.292. The first-order valence-corrected chi connectivity index (χ1v) is 7.23. The fourth-order valence-electron chi connectivity index (χ4n) is 2.77. The normalized spacial score (nSPS) is 13.9. The van der Waals surface area contributed by atoms with Gasteiger partial charge in [0.25, 0.3) is 0 Å². The largest absolute Gasteiger partial charge is 0.452 e. The van der Waals surface area contributed by atoms with Crippen molar-refractivity contribution in [3.8, 4) is 11.5 Å². The highest BCUT2D eigenvalue weighted by molar-refractivity contribution is 6.31. The van der Waals surface area contributed by atoms with Crippen molar-refractivity contribution >= 4 is 17.3 Å². The van der Waals surface area contributed by atoms with Crippen LogP contribution in [0.1, 0.15) is 29.5 Å². The summed E-state index contributed by atoms with van der Waals surface area (Å²) in [4.78, 5) is 4.01. The summed E-state index contributed by atoms with van der Waals surface area (Å²) in [5, 5.41) is 0.292. The number of nitrogens with two attached hydrogens (primary N) is 1. The van der Waals surface area contributed by atoms with Crippen LogP contribution < -0.4 is 10.5 Å². The third-order valence-corrected chi connectivity index (χ3v) is 4.04. The zero-order valence-corrected chi connectivity index (χ0v) is 12.2. The van der Waals surface area contributed by atoms with Gasteiger partial charge in [0, 0.05) is 6.20 Å². The molecule has 20 heavy (non-hydrogen) atoms. The summed E-state index contributed by atoms with van der Waals surface area (Å²) in [6.07, 6.45) is 6.37. The predicted molar refractivity (Wildman–Crippen MR) is 81.6 cm³/mol. The Morgan fingerprint density at radius 1 is 1.25 bits per heavy atom. The van der Waals surface area contributed by atoms with Gasteiger partial charge in [0.1, 0.15) is 5.75 Å². The van der Waals surface area contributed by atoms with Crippen LogP contribution in [0, 0.1) is 6.92 Å². The average Bonchev–Trinajstić information content (AvgIpc) is 2.43. The highest BCUT2D eigenvalue weighted by Crippen LogP contribution is 2.35. The third-order valence-electron chi connectivity index (χ3n) is 3.77. The van der Waals surface area contributed by atoms with E-state index in [1.807, 2.05) is 6.07 Å². The molecule has 3 nitrogen and oxygen atoms in total. The molecule has 1 aliphatic carbocycles. The maximum Gasteiger partial charge on any atom is 0.187 e. The number of pyridine rings is 1. The maximum absolute atomic E-state index is 6.05. The van der Waals surface area contributed by atoms with Crippen molar-refractivity contribution in [2.24, 2.45) is 0 Å². The van der Waals surface area contributed by atoms with Gasteiger partial charge in [-0.3, -0.25) is 0 Å². The number of aryl methyl sites for hydroxylation is 2. The molecule has 0 radical (unpaired) electrons. The Labute approximate surface area is 123 Å². The summed E-state index contributed by atoms with van der Waals surface area (Å²) < 4.78 is 5.87. The number of rotatable bonds is 2. The lowest BCUT2D eigenvalue weighted by atomic mass is 9.88. The molecule has 0 unspecified atom stereocenters. The molecule has 0 fully saturated rings. The Balaban J connectivity index is 1.97. The highest BCUT2D eigenvalue weighted by Gasteiger charge is 2.15. The van der Waals surface area contributed by atoms with Gasteiger partial charge in [0.2, 0.25) is 0 Å². The first kappa shape index (κ1) is 13.3. The van der Waals surface area contributed by atoms with Crippen LogP contribution >= 0.6 is 11.6 Å². The van der Waals surface area contributed by atoms with Crippen molar-refractivity contribution in [1.29, 1.82) is 0 Å². The molecule has 3 rings (SSSR count). The summed E-state index contributed by atoms with van der Waals surface area (Å²) in [6.45, 7) is 2.13. The lowest BCUT2D eigenvalue weighted by Gasteiger charge is -2.20. The number of fused-ring (bicyclic) bond motifs is 1. The van der Waals surface area contributed by atoms with Crippen molar-refractivity contribution in [2.75, 3.05) is 5.73 Å². The maximum atomic E-state index is 6.05. The number of anilines is 1. The molecule has 0 bridgehead atoms. The van der Waals surface area contributed by atoms with E-state index in [1.54, 1.807) is 12.3 Å². The number of benzene rings is 1. The number of aromatic nitrogens is 1. The number of halogens is 1. The predicted octanol–water partition coefficient (Wildman–Crippen LogP) is 4.30. The Hall–Kier alpha value is -1.74. The molecule has 0 spiro atoms. The molecular formula is C16H17ClN2O. The molecule has 0 aliphatic heterocycles. The third kappa shape index (κ3) is 2.46. The zero-order chi connectivity index (χ0) is 14.1. The molecule has 1 aromatic carbocycles. The lowest BCUT2D eigenvalue weighted by Crippen LogP contribution is -2.05. The molecule has 104 valence electrons. The summed E-state index contributed by atoms with van der Waals surface area (Å²) >= 11 is 6.05. The summed E-state index contributed by atoms with van der Waals surface area (Å²) in [5.74, 6) is 1.22. The monoisotopic (exact) mass is 288 g/mol. The number of hydrogen-bond donors (Lipinski definition) is 1. The highest BCUT2D eigenvalue weighted by atomic mass is 35.5. The van der Waals surface area contributed by atoms with Gasteiger partial charge in [-0.2, -0.15) is 0 Å². The summed E-state index contributed by atoms with van der Waals surface area (Å²) in [7, 11) is 0. The van der Waals surface area contributed by atoms with Gasteiger partial charge in [0.05, 0.1) is 5.69 Å². The SMILES string of the molecule is Cc1cc(Oc2c(N)ccnc2Cl)cc2c1CCCC2. The van der Waals surface area contributed by atoms with E-state index in [9.17, 15) is 0 Å². The van der Waals surface area contributed by atoms with Crippen molar-refractivity contribution in [3.05, 3.63) is 46.2 Å². The molecule has 0 atom stereocenters. The van der Waals surface area contributed by atoms with Gasteiger partial charge in [-0.05, 0) is 67.5 Å². The molecular weight excluding hydrogens is 272 g/mol. The van der Waals surface area contributed by atoms with Crippen LogP contribution in [-0.2, 0) is 12.8 Å². The first-order chi connectivity index (χ1) is 9.65. The molecule has 2 N–H and O–H groups in total. The Morgan fingerprint density at radius 3 is 2.85 bits per heavy atom. The van der Waals surface area contributed by atoms with Crippen LogP contribution in [-0.4, -0.2) is 4.98 Å². The minimum Gasteiger partial charge on any atom is -0.452 e. The van der Waals surface area contributed by atoms with E-state index in [-0.39, 0.29) is 0 Å². The van der Waals surface area contributed by atoms with Crippen molar-refractivity contribution in [2.45, 2.75) is 32.6 Å². The number of ether oxygens (including phenoxy) is 1. The van der Waals surface area contributed by atoms with E-state index in [0.29, 0.717) is 16.6 Å². The van der Waals surface area contributed by atoms with E-state index in [4.69, 9.17) is 22.1 Å². The molecule has 1 aliphatic rings. The fraction of sp³-hybridized carbons (Fsp3) is 0.312. The molecule has 1 aromatic heterocycles. The second-order valence-electron chi connectivity index (χ2n) is 5.21. The van der Waals surface area contributed by atoms with Crippen LogP contribution in [0.5, 0.6) is 11.5 Å². The molecule has 0 amide bonds. The Bertz CT molecular complexity index is 635. The van der Waals surface area contributed by atoms with Gasteiger partial charge in [0.15, 0.2) is 10.9 Å². The number of nitrogen functional groups attached to an aromatic ring is 1. The van der Waals surface area contributed by atoms with Crippen LogP contribution in [0.15, 0.2) is 24.4 Å². The molecule has 0 saturated heterocycles. The van der Waals surface area contributed by atoms with Crippen LogP contribution in [0.25, 0.3) is 0 Å². The fourth-order valence-corrected chi connectivity index (χ4v) is 2.97. The zero-order valence-electron chi connectivity index (χ0n) is 11.4. The molecule has 1 heterocycles. The lowest BCUT2D eigenvalue weighted by molar-refractivity contribution is 0.480. The minimum atomic E-state index is 0.292. The van der Waals surface area contributed by atoms with Gasteiger partial charge in [-0.25, -0.2) is 4.98 Å². The average molecular weight is 289 g/mol. The summed E-state index contributed by atoms with van der Waals surface area (Å²) in [5.41, 5.74) is 10.5. The standard InChI is InChI=1S/C16H17ClN2O/c1-10-8-12(9-11-4-2-3-5-13(10)11)20-15-14(18)6-7-19-16(15)17/h6-9H,2-5H2,1H3,(H2,18,19). The molecule has 4 heteroatoms. The summed E-state index contributed by atoms with van der Waals surface area (Å²) in [6, 6.07) is 5.84. The van der Waals surface area contributed by atoms with Gasteiger partial charge < -0.3 is 10.5 Å². The van der Waals surface area contributed by atoms with Crippen molar-refractivity contribution in [1.82, 2.24) is 4.98 Å². The quantitative estimate of drug-likeness (QED) is 0.838. The topological polar surface area (TPSA) is 48.1 Å². The second-order valence-corrected chi connectivity index (χ2v) is 5.57. The van der Waals surface area contributed by atoms with E-state index in [1.165, 1.54) is 29.5 Å². The first-order valence-electron chi connectivity index (χ1n) is 6.85. The van der Waals surface area contributed by atoms with Gasteiger partial charge >= 0.3 is 0 Å². The van der Waals surface area contributed by atoms with Crippen LogP contribution in [0.3, 0.4) is 0 Å². The Kier molecular flexibility index (Phi) is 3.53. The smallest absolute Gasteiger partial charge is 0.187 e. The van der Waals surface area contributed by atoms with Crippen LogP contribution in [0.2, 0.25) is 5.15 Å². The van der Waals surface area contributed by atoms with E-state index in [0.717, 1.165) is 18.6 Å². The van der Waals surface area contributed by atoms with Gasteiger partial charge in [-0.15, -0.1) is 0 Å². The molecule has 0 saturated carbocycles. The van der Waals surface area contributed by atoms with Crippen LogP contribution in [0.4, 0.5) is 5.69 Å². The van der Waals surface area contributed by atoms with E-state index >= 15 is 0 Å². The van der Waals surface area contributed by atoms with Gasteiger partial charge in [-0.1, -0.05) is 11.6 Å². The molecule has 2 aromatic rings. The van der Waals surface area contributed by atoms with E-state index in [2.05, 4.69) is 18.0 Å².